The Morgan fingerprint density at radius 2 is 2.00 bits per heavy atom. The highest BCUT2D eigenvalue weighted by atomic mass is 16.1. The molecule has 1 spiro atoms. The number of ketones is 1. The second kappa shape index (κ2) is 4.00. The number of benzene rings is 1. The van der Waals surface area contributed by atoms with E-state index in [0.717, 1.165) is 24.8 Å². The van der Waals surface area contributed by atoms with Crippen molar-refractivity contribution in [3.63, 3.8) is 0 Å². The summed E-state index contributed by atoms with van der Waals surface area (Å²) in [6.07, 6.45) is 4.51. The standard InChI is InChI=1S/C19H23NO/c1-11-7-15-14(8-16(11)20(3)4)10-19-6-5-13(9-19)18(21)12(2)17(15)19/h7-8,13H,5-6,9-10H2,1-4H3. The Morgan fingerprint density at radius 1 is 1.24 bits per heavy atom. The number of hydrogen-bond donors (Lipinski definition) is 0. The molecule has 2 unspecified atom stereocenters. The van der Waals surface area contributed by atoms with Gasteiger partial charge in [-0.1, -0.05) is 0 Å². The highest BCUT2D eigenvalue weighted by Gasteiger charge is 2.53. The first-order chi connectivity index (χ1) is 9.93. The van der Waals surface area contributed by atoms with Crippen LogP contribution in [0.15, 0.2) is 17.7 Å². The van der Waals surface area contributed by atoms with E-state index in [9.17, 15) is 4.79 Å². The molecular formula is C19H23NO. The molecule has 110 valence electrons. The van der Waals surface area contributed by atoms with Gasteiger partial charge in [0, 0.05) is 31.1 Å². The summed E-state index contributed by atoms with van der Waals surface area (Å²) >= 11 is 0. The van der Waals surface area contributed by atoms with Crippen molar-refractivity contribution in [3.8, 4) is 0 Å². The van der Waals surface area contributed by atoms with Gasteiger partial charge in [0.2, 0.25) is 0 Å². The van der Waals surface area contributed by atoms with Crippen LogP contribution in [0, 0.1) is 18.3 Å². The molecule has 0 amide bonds. The fraction of sp³-hybridized carbons (Fsp3) is 0.526. The number of fused-ring (bicyclic) bond motifs is 3. The number of carbonyl (C=O) groups excluding carboxylic acids is 1. The second-order valence-electron chi connectivity index (χ2n) is 7.45. The summed E-state index contributed by atoms with van der Waals surface area (Å²) in [4.78, 5) is 14.7. The van der Waals surface area contributed by atoms with Crippen LogP contribution in [0.5, 0.6) is 0 Å². The summed E-state index contributed by atoms with van der Waals surface area (Å²) in [5, 5.41) is 0. The minimum absolute atomic E-state index is 0.280. The molecule has 0 saturated heterocycles. The van der Waals surface area contributed by atoms with Crippen LogP contribution in [0.4, 0.5) is 5.69 Å². The number of allylic oxidation sites excluding steroid dienone is 2. The van der Waals surface area contributed by atoms with Gasteiger partial charge in [0.25, 0.3) is 0 Å². The fourth-order valence-corrected chi connectivity index (χ4v) is 5.11. The summed E-state index contributed by atoms with van der Waals surface area (Å²) in [6.45, 7) is 4.24. The topological polar surface area (TPSA) is 20.3 Å². The lowest BCUT2D eigenvalue weighted by Crippen LogP contribution is -2.26. The van der Waals surface area contributed by atoms with Crippen LogP contribution >= 0.6 is 0 Å². The number of aryl methyl sites for hydroxylation is 1. The van der Waals surface area contributed by atoms with E-state index in [-0.39, 0.29) is 5.41 Å². The van der Waals surface area contributed by atoms with E-state index in [4.69, 9.17) is 0 Å². The molecule has 2 heteroatoms. The maximum Gasteiger partial charge on any atom is 0.161 e. The first kappa shape index (κ1) is 13.1. The molecule has 2 atom stereocenters. The Hall–Kier alpha value is -1.57. The van der Waals surface area contributed by atoms with Gasteiger partial charge in [0.1, 0.15) is 0 Å². The van der Waals surface area contributed by atoms with Gasteiger partial charge in [-0.15, -0.1) is 0 Å². The van der Waals surface area contributed by atoms with Crippen molar-refractivity contribution in [1.29, 1.82) is 0 Å². The predicted molar refractivity (Wildman–Crippen MR) is 86.6 cm³/mol. The largest absolute Gasteiger partial charge is 0.377 e. The number of carbonyl (C=O) groups is 1. The number of anilines is 1. The zero-order chi connectivity index (χ0) is 14.9. The predicted octanol–water partition coefficient (Wildman–Crippen LogP) is 3.76. The average molecular weight is 281 g/mol. The molecule has 1 saturated carbocycles. The van der Waals surface area contributed by atoms with Crippen LogP contribution in [-0.2, 0) is 11.2 Å². The first-order valence-electron chi connectivity index (χ1n) is 8.00. The van der Waals surface area contributed by atoms with Gasteiger partial charge in [-0.05, 0) is 79.5 Å². The molecule has 0 radical (unpaired) electrons. The molecule has 0 aliphatic heterocycles. The quantitative estimate of drug-likeness (QED) is 0.781. The van der Waals surface area contributed by atoms with Crippen LogP contribution < -0.4 is 4.90 Å². The lowest BCUT2D eigenvalue weighted by atomic mass is 9.71. The molecule has 4 rings (SSSR count). The van der Waals surface area contributed by atoms with Crippen LogP contribution in [0.1, 0.15) is 42.9 Å². The van der Waals surface area contributed by atoms with Gasteiger partial charge < -0.3 is 4.90 Å². The number of rotatable bonds is 1. The number of nitrogens with zero attached hydrogens (tertiary/aromatic N) is 1. The van der Waals surface area contributed by atoms with Gasteiger partial charge >= 0.3 is 0 Å². The van der Waals surface area contributed by atoms with Crippen LogP contribution in [-0.4, -0.2) is 19.9 Å². The zero-order valence-electron chi connectivity index (χ0n) is 13.4. The molecule has 0 heterocycles. The summed E-state index contributed by atoms with van der Waals surface area (Å²) < 4.78 is 0. The first-order valence-corrected chi connectivity index (χ1v) is 8.00. The van der Waals surface area contributed by atoms with E-state index in [1.54, 1.807) is 0 Å². The van der Waals surface area contributed by atoms with Crippen molar-refractivity contribution in [2.24, 2.45) is 11.3 Å². The van der Waals surface area contributed by atoms with Crippen LogP contribution in [0.3, 0.4) is 0 Å². The second-order valence-corrected chi connectivity index (χ2v) is 7.45. The van der Waals surface area contributed by atoms with Crippen molar-refractivity contribution in [3.05, 3.63) is 34.4 Å². The lowest BCUT2D eigenvalue weighted by molar-refractivity contribution is -0.119. The molecule has 1 fully saturated rings. The molecule has 0 N–H and O–H groups in total. The Balaban J connectivity index is 1.96. The van der Waals surface area contributed by atoms with E-state index < -0.39 is 0 Å². The zero-order valence-corrected chi connectivity index (χ0v) is 13.4. The third-order valence-corrected chi connectivity index (χ3v) is 5.96. The molecule has 2 nitrogen and oxygen atoms in total. The maximum atomic E-state index is 12.5. The van der Waals surface area contributed by atoms with Crippen molar-refractivity contribution in [1.82, 2.24) is 0 Å². The van der Waals surface area contributed by atoms with Crippen molar-refractivity contribution < 1.29 is 4.79 Å². The van der Waals surface area contributed by atoms with Gasteiger partial charge in [-0.3, -0.25) is 4.79 Å². The third kappa shape index (κ3) is 1.56. The highest BCUT2D eigenvalue weighted by molar-refractivity contribution is 6.08. The van der Waals surface area contributed by atoms with E-state index in [0.29, 0.717) is 11.7 Å². The summed E-state index contributed by atoms with van der Waals surface area (Å²) in [5.74, 6) is 0.720. The van der Waals surface area contributed by atoms with E-state index >= 15 is 0 Å². The smallest absolute Gasteiger partial charge is 0.161 e. The molecular weight excluding hydrogens is 258 g/mol. The molecule has 1 aromatic rings. The number of Topliss-reactive ketones (excluding diaryl/α,β-unsaturated/α-hetero) is 1. The fourth-order valence-electron chi connectivity index (χ4n) is 5.11. The number of hydrogen-bond acceptors (Lipinski definition) is 2. The molecule has 3 aliphatic rings. The Bertz CT molecular complexity index is 698. The molecule has 1 aromatic carbocycles. The van der Waals surface area contributed by atoms with Gasteiger partial charge in [0.15, 0.2) is 5.78 Å². The van der Waals surface area contributed by atoms with E-state index in [2.05, 4.69) is 45.0 Å². The van der Waals surface area contributed by atoms with Crippen molar-refractivity contribution >= 4 is 17.0 Å². The Morgan fingerprint density at radius 3 is 2.71 bits per heavy atom. The van der Waals surface area contributed by atoms with E-state index in [1.165, 1.54) is 34.4 Å². The van der Waals surface area contributed by atoms with Crippen LogP contribution in [0.2, 0.25) is 0 Å². The summed E-state index contributed by atoms with van der Waals surface area (Å²) in [6, 6.07) is 4.68. The van der Waals surface area contributed by atoms with Gasteiger partial charge in [-0.2, -0.15) is 0 Å². The molecule has 21 heavy (non-hydrogen) atoms. The molecule has 2 bridgehead atoms. The maximum absolute atomic E-state index is 12.5. The minimum Gasteiger partial charge on any atom is -0.377 e. The van der Waals surface area contributed by atoms with Crippen molar-refractivity contribution in [2.75, 3.05) is 19.0 Å². The third-order valence-electron chi connectivity index (χ3n) is 5.96. The lowest BCUT2D eigenvalue weighted by Gasteiger charge is -2.31. The average Bonchev–Trinajstić information content (AvgIpc) is 2.95. The van der Waals surface area contributed by atoms with Crippen LogP contribution in [0.25, 0.3) is 5.57 Å². The SMILES string of the molecule is CC1=C2c3cc(C)c(N(C)C)cc3CC23CCC(C3)C1=O. The minimum atomic E-state index is 0.280. The van der Waals surface area contributed by atoms with Gasteiger partial charge in [0.05, 0.1) is 0 Å². The monoisotopic (exact) mass is 281 g/mol. The van der Waals surface area contributed by atoms with Gasteiger partial charge in [-0.25, -0.2) is 0 Å². The summed E-state index contributed by atoms with van der Waals surface area (Å²) in [7, 11) is 4.21. The summed E-state index contributed by atoms with van der Waals surface area (Å²) in [5.41, 5.74) is 8.16. The Kier molecular flexibility index (Phi) is 2.50. The molecule has 3 aliphatic carbocycles. The normalized spacial score (nSPS) is 29.7. The Labute approximate surface area is 126 Å². The highest BCUT2D eigenvalue weighted by Crippen LogP contribution is 2.62. The molecule has 0 aromatic heterocycles. The van der Waals surface area contributed by atoms with Crippen molar-refractivity contribution in [2.45, 2.75) is 39.5 Å². The van der Waals surface area contributed by atoms with E-state index in [1.807, 2.05) is 0 Å².